The zero-order valence-corrected chi connectivity index (χ0v) is 9.58. The van der Waals surface area contributed by atoms with E-state index >= 15 is 0 Å². The number of methoxy groups -OCH3 is 1. The molecule has 0 fully saturated rings. The highest BCUT2D eigenvalue weighted by molar-refractivity contribution is 5.20. The molecule has 0 N–H and O–H groups in total. The van der Waals surface area contributed by atoms with Crippen molar-refractivity contribution in [3.63, 3.8) is 0 Å². The quantitative estimate of drug-likeness (QED) is 0.649. The second-order valence-corrected chi connectivity index (χ2v) is 3.09. The maximum atomic E-state index is 4.97. The first-order valence-electron chi connectivity index (χ1n) is 4.86. The fourth-order valence-electron chi connectivity index (χ4n) is 0.851. The third-order valence-electron chi connectivity index (χ3n) is 1.76. The maximum Gasteiger partial charge on any atom is 0.0713 e. The Hall–Kier alpha value is -1.08. The van der Waals surface area contributed by atoms with Gasteiger partial charge in [0.05, 0.1) is 6.61 Å². The molecule has 1 rings (SSSR count). The zero-order chi connectivity index (χ0) is 10.8. The van der Waals surface area contributed by atoms with Crippen LogP contribution in [0, 0.1) is 6.92 Å². The molecule has 0 saturated heterocycles. The van der Waals surface area contributed by atoms with Gasteiger partial charge in [-0.15, -0.1) is 0 Å². The van der Waals surface area contributed by atoms with Crippen LogP contribution in [0.4, 0.5) is 0 Å². The number of rotatable bonds is 2. The first-order chi connectivity index (χ1) is 6.74. The van der Waals surface area contributed by atoms with Crippen molar-refractivity contribution in [2.45, 2.75) is 27.4 Å². The fourth-order valence-corrected chi connectivity index (χ4v) is 0.851. The monoisotopic (exact) mass is 192 g/mol. The normalized spacial score (nSPS) is 9.71. The lowest BCUT2D eigenvalue weighted by Gasteiger charge is -1.98. The third kappa shape index (κ3) is 6.44. The summed E-state index contributed by atoms with van der Waals surface area (Å²) < 4.78 is 4.97. The van der Waals surface area contributed by atoms with E-state index in [0.717, 1.165) is 0 Å². The van der Waals surface area contributed by atoms with Gasteiger partial charge < -0.3 is 4.74 Å². The molecule has 0 heterocycles. The standard InChI is InChI=1S/C9H12O.C4H8/c1-8-3-5-9(6-4-8)7-10-2;1-3-4-2/h3-6H,7H2,1-2H3;3-4H,1-2H3/b;4-3-. The summed E-state index contributed by atoms with van der Waals surface area (Å²) in [6.45, 7) is 6.79. The van der Waals surface area contributed by atoms with Crippen LogP contribution in [0.15, 0.2) is 36.4 Å². The molecule has 1 heteroatoms. The van der Waals surface area contributed by atoms with Crippen LogP contribution < -0.4 is 0 Å². The molecule has 0 radical (unpaired) electrons. The minimum atomic E-state index is 0.709. The van der Waals surface area contributed by atoms with Crippen LogP contribution in [0.5, 0.6) is 0 Å². The second-order valence-electron chi connectivity index (χ2n) is 3.09. The Morgan fingerprint density at radius 3 is 1.93 bits per heavy atom. The summed E-state index contributed by atoms with van der Waals surface area (Å²) >= 11 is 0. The highest BCUT2D eigenvalue weighted by Crippen LogP contribution is 2.03. The van der Waals surface area contributed by atoms with E-state index in [1.165, 1.54) is 11.1 Å². The molecule has 0 aliphatic carbocycles. The highest BCUT2D eigenvalue weighted by Gasteiger charge is 1.88. The van der Waals surface area contributed by atoms with Gasteiger partial charge >= 0.3 is 0 Å². The van der Waals surface area contributed by atoms with Gasteiger partial charge in [-0.2, -0.15) is 0 Å². The molecule has 0 spiro atoms. The lowest BCUT2D eigenvalue weighted by Crippen LogP contribution is -1.85. The number of benzene rings is 1. The van der Waals surface area contributed by atoms with Gasteiger partial charge in [-0.3, -0.25) is 0 Å². The molecular formula is C13H20O. The molecule has 0 unspecified atom stereocenters. The molecule has 1 aromatic rings. The van der Waals surface area contributed by atoms with E-state index < -0.39 is 0 Å². The van der Waals surface area contributed by atoms with Gasteiger partial charge in [0.1, 0.15) is 0 Å². The Morgan fingerprint density at radius 1 is 1.07 bits per heavy atom. The van der Waals surface area contributed by atoms with Crippen LogP contribution in [0.3, 0.4) is 0 Å². The van der Waals surface area contributed by atoms with Crippen LogP contribution in [0.25, 0.3) is 0 Å². The number of ether oxygens (including phenoxy) is 1. The lowest BCUT2D eigenvalue weighted by atomic mass is 10.2. The fraction of sp³-hybridized carbons (Fsp3) is 0.385. The van der Waals surface area contributed by atoms with Crippen LogP contribution in [0.1, 0.15) is 25.0 Å². The number of allylic oxidation sites excluding steroid dienone is 2. The maximum absolute atomic E-state index is 4.97. The predicted molar refractivity (Wildman–Crippen MR) is 62.4 cm³/mol. The molecule has 1 nitrogen and oxygen atoms in total. The van der Waals surface area contributed by atoms with Crippen molar-refractivity contribution >= 4 is 0 Å². The Bertz CT molecular complexity index is 242. The molecule has 14 heavy (non-hydrogen) atoms. The lowest BCUT2D eigenvalue weighted by molar-refractivity contribution is 0.185. The van der Waals surface area contributed by atoms with Gasteiger partial charge in [0.2, 0.25) is 0 Å². The summed E-state index contributed by atoms with van der Waals surface area (Å²) in [4.78, 5) is 0. The Morgan fingerprint density at radius 2 is 1.57 bits per heavy atom. The van der Waals surface area contributed by atoms with Gasteiger partial charge in [-0.1, -0.05) is 42.0 Å². The average Bonchev–Trinajstić information content (AvgIpc) is 2.22. The first kappa shape index (κ1) is 12.9. The number of aryl methyl sites for hydroxylation is 1. The third-order valence-corrected chi connectivity index (χ3v) is 1.76. The predicted octanol–water partition coefficient (Wildman–Crippen LogP) is 3.72. The van der Waals surface area contributed by atoms with E-state index in [1.54, 1.807) is 7.11 Å². The molecule has 0 saturated carbocycles. The van der Waals surface area contributed by atoms with Crippen molar-refractivity contribution in [2.75, 3.05) is 7.11 Å². The first-order valence-corrected chi connectivity index (χ1v) is 4.86. The summed E-state index contributed by atoms with van der Waals surface area (Å²) in [6, 6.07) is 8.35. The molecule has 0 aromatic heterocycles. The summed E-state index contributed by atoms with van der Waals surface area (Å²) in [5.74, 6) is 0. The molecule has 0 aliphatic heterocycles. The molecule has 0 bridgehead atoms. The molecule has 1 aromatic carbocycles. The average molecular weight is 192 g/mol. The summed E-state index contributed by atoms with van der Waals surface area (Å²) in [5.41, 5.74) is 2.52. The van der Waals surface area contributed by atoms with Crippen molar-refractivity contribution in [3.05, 3.63) is 47.5 Å². The van der Waals surface area contributed by atoms with Crippen molar-refractivity contribution in [2.24, 2.45) is 0 Å². The topological polar surface area (TPSA) is 9.23 Å². The van der Waals surface area contributed by atoms with E-state index in [-0.39, 0.29) is 0 Å². The molecule has 78 valence electrons. The minimum Gasteiger partial charge on any atom is -0.380 e. The van der Waals surface area contributed by atoms with Crippen LogP contribution in [-0.2, 0) is 11.3 Å². The van der Waals surface area contributed by atoms with Gasteiger partial charge in [0.15, 0.2) is 0 Å². The van der Waals surface area contributed by atoms with Crippen LogP contribution in [0.2, 0.25) is 0 Å². The van der Waals surface area contributed by atoms with Crippen LogP contribution >= 0.6 is 0 Å². The second kappa shape index (κ2) is 8.52. The van der Waals surface area contributed by atoms with E-state index in [2.05, 4.69) is 31.2 Å². The molecule has 0 amide bonds. The van der Waals surface area contributed by atoms with Crippen molar-refractivity contribution in [3.8, 4) is 0 Å². The molecule has 0 atom stereocenters. The number of hydrogen-bond donors (Lipinski definition) is 0. The smallest absolute Gasteiger partial charge is 0.0713 e. The minimum absolute atomic E-state index is 0.709. The van der Waals surface area contributed by atoms with Gasteiger partial charge in [-0.05, 0) is 26.3 Å². The highest BCUT2D eigenvalue weighted by atomic mass is 16.5. The Balaban J connectivity index is 0.000000364. The van der Waals surface area contributed by atoms with E-state index in [1.807, 2.05) is 26.0 Å². The van der Waals surface area contributed by atoms with Crippen molar-refractivity contribution in [1.29, 1.82) is 0 Å². The van der Waals surface area contributed by atoms with Crippen molar-refractivity contribution < 1.29 is 4.74 Å². The SMILES string of the molecule is C/C=C\C.COCc1ccc(C)cc1. The van der Waals surface area contributed by atoms with Crippen molar-refractivity contribution in [1.82, 2.24) is 0 Å². The molecule has 0 aliphatic rings. The van der Waals surface area contributed by atoms with E-state index in [9.17, 15) is 0 Å². The van der Waals surface area contributed by atoms with E-state index in [0.29, 0.717) is 6.61 Å². The van der Waals surface area contributed by atoms with Crippen LogP contribution in [-0.4, -0.2) is 7.11 Å². The summed E-state index contributed by atoms with van der Waals surface area (Å²) in [7, 11) is 1.71. The number of hydrogen-bond acceptors (Lipinski definition) is 1. The van der Waals surface area contributed by atoms with E-state index in [4.69, 9.17) is 4.74 Å². The summed E-state index contributed by atoms with van der Waals surface area (Å²) in [6.07, 6.45) is 4.00. The van der Waals surface area contributed by atoms with Gasteiger partial charge in [0.25, 0.3) is 0 Å². The Labute approximate surface area is 87.4 Å². The zero-order valence-electron chi connectivity index (χ0n) is 9.58. The van der Waals surface area contributed by atoms with Gasteiger partial charge in [-0.25, -0.2) is 0 Å². The molecular weight excluding hydrogens is 172 g/mol. The van der Waals surface area contributed by atoms with Gasteiger partial charge in [0, 0.05) is 7.11 Å². The summed E-state index contributed by atoms with van der Waals surface area (Å²) in [5, 5.41) is 0. The Kier molecular flexibility index (Phi) is 7.86. The largest absolute Gasteiger partial charge is 0.380 e.